The number of halogens is 4. The number of hydrogen-bond donors (Lipinski definition) is 1. The van der Waals surface area contributed by atoms with Gasteiger partial charge in [-0.25, -0.2) is 0 Å². The fourth-order valence-corrected chi connectivity index (χ4v) is 5.18. The number of aromatic nitrogens is 1. The van der Waals surface area contributed by atoms with Gasteiger partial charge < -0.3 is 9.88 Å². The van der Waals surface area contributed by atoms with Crippen molar-refractivity contribution in [1.29, 1.82) is 0 Å². The van der Waals surface area contributed by atoms with E-state index in [1.165, 1.54) is 0 Å². The van der Waals surface area contributed by atoms with E-state index in [0.29, 0.717) is 25.2 Å². The minimum absolute atomic E-state index is 0.0205. The smallest absolute Gasteiger partial charge is 0.252 e. The van der Waals surface area contributed by atoms with E-state index >= 15 is 0 Å². The molecular formula is C20H19BrCl3N3O2. The number of hydrogen-bond acceptors (Lipinski definition) is 3. The van der Waals surface area contributed by atoms with Crippen LogP contribution in [0.4, 0.5) is 0 Å². The molecule has 0 unspecified atom stereocenters. The van der Waals surface area contributed by atoms with Gasteiger partial charge in [0.15, 0.2) is 0 Å². The summed E-state index contributed by atoms with van der Waals surface area (Å²) in [5, 5.41) is 2.89. The maximum Gasteiger partial charge on any atom is 0.252 e. The van der Waals surface area contributed by atoms with Gasteiger partial charge >= 0.3 is 0 Å². The first-order valence-corrected chi connectivity index (χ1v) is 11.2. The molecule has 1 N–H and O–H groups in total. The number of carbonyl (C=O) groups excluding carboxylic acids is 1. The highest BCUT2D eigenvalue weighted by atomic mass is 79.9. The van der Waals surface area contributed by atoms with Gasteiger partial charge in [0.2, 0.25) is 3.79 Å². The monoisotopic (exact) mass is 517 g/mol. The van der Waals surface area contributed by atoms with Crippen molar-refractivity contribution in [1.82, 2.24) is 14.8 Å². The molecule has 5 nitrogen and oxygen atoms in total. The molecule has 3 atom stereocenters. The molecule has 154 valence electrons. The molecule has 9 heteroatoms. The van der Waals surface area contributed by atoms with Crippen LogP contribution >= 0.6 is 50.7 Å². The highest BCUT2D eigenvalue weighted by molar-refractivity contribution is 9.10. The van der Waals surface area contributed by atoms with Gasteiger partial charge in [0.05, 0.1) is 0 Å². The Kier molecular flexibility index (Phi) is 6.02. The predicted octanol–water partition coefficient (Wildman–Crippen LogP) is 4.16. The van der Waals surface area contributed by atoms with Crippen LogP contribution in [0.5, 0.6) is 0 Å². The summed E-state index contributed by atoms with van der Waals surface area (Å²) >= 11 is 22.2. The van der Waals surface area contributed by atoms with Gasteiger partial charge in [-0.15, -0.1) is 0 Å². The third-order valence-electron chi connectivity index (χ3n) is 5.56. The molecule has 0 saturated carbocycles. The van der Waals surface area contributed by atoms with E-state index in [2.05, 4.69) is 21.2 Å². The van der Waals surface area contributed by atoms with Crippen molar-refractivity contribution in [3.05, 3.63) is 68.5 Å². The molecule has 2 aliphatic rings. The molecule has 0 radical (unpaired) electrons. The van der Waals surface area contributed by atoms with Gasteiger partial charge in [0, 0.05) is 47.3 Å². The van der Waals surface area contributed by atoms with Crippen molar-refractivity contribution >= 4 is 56.6 Å². The Bertz CT molecular complexity index is 974. The Morgan fingerprint density at radius 3 is 2.52 bits per heavy atom. The molecule has 1 aromatic heterocycles. The van der Waals surface area contributed by atoms with Crippen LogP contribution in [0, 0.1) is 5.92 Å². The van der Waals surface area contributed by atoms with Gasteiger partial charge in [0.25, 0.3) is 11.5 Å². The zero-order valence-corrected chi connectivity index (χ0v) is 19.2. The summed E-state index contributed by atoms with van der Waals surface area (Å²) in [6.07, 6.45) is 0.198. The maximum atomic E-state index is 12.8. The molecule has 1 aromatic carbocycles. The maximum absolute atomic E-state index is 12.8. The second-order valence-electron chi connectivity index (χ2n) is 7.58. The van der Waals surface area contributed by atoms with E-state index in [-0.39, 0.29) is 23.3 Å². The Labute approximate surface area is 192 Å². The topological polar surface area (TPSA) is 54.3 Å². The lowest BCUT2D eigenvalue weighted by Gasteiger charge is -2.47. The molecule has 2 aromatic rings. The van der Waals surface area contributed by atoms with Gasteiger partial charge in [-0.3, -0.25) is 14.5 Å². The average Bonchev–Trinajstić information content (AvgIpc) is 2.66. The van der Waals surface area contributed by atoms with Crippen molar-refractivity contribution < 1.29 is 4.79 Å². The molecule has 0 aliphatic carbocycles. The predicted molar refractivity (Wildman–Crippen MR) is 119 cm³/mol. The number of alkyl halides is 3. The van der Waals surface area contributed by atoms with E-state index < -0.39 is 9.96 Å². The van der Waals surface area contributed by atoms with Crippen molar-refractivity contribution in [3.63, 3.8) is 0 Å². The number of nitrogens with one attached hydrogen (secondary N) is 1. The number of benzene rings is 1. The third-order valence-corrected chi connectivity index (χ3v) is 6.71. The van der Waals surface area contributed by atoms with E-state index in [1.807, 2.05) is 15.5 Å². The highest BCUT2D eigenvalue weighted by Gasteiger charge is 2.44. The lowest BCUT2D eigenvalue weighted by molar-refractivity contribution is 0.0586. The summed E-state index contributed by atoms with van der Waals surface area (Å²) in [6.45, 7) is 1.87. The molecule has 1 amide bonds. The molecule has 0 spiro atoms. The summed E-state index contributed by atoms with van der Waals surface area (Å²) in [4.78, 5) is 27.0. The highest BCUT2D eigenvalue weighted by Crippen LogP contribution is 2.40. The van der Waals surface area contributed by atoms with Gasteiger partial charge in [-0.1, -0.05) is 56.8 Å². The second-order valence-corrected chi connectivity index (χ2v) is 10.9. The van der Waals surface area contributed by atoms with Gasteiger partial charge in [-0.05, 0) is 42.7 Å². The largest absolute Gasteiger partial charge is 0.332 e. The van der Waals surface area contributed by atoms with Crippen molar-refractivity contribution in [2.24, 2.45) is 5.92 Å². The van der Waals surface area contributed by atoms with Crippen molar-refractivity contribution in [2.45, 2.75) is 28.8 Å². The summed E-state index contributed by atoms with van der Waals surface area (Å²) < 4.78 is 1.03. The lowest BCUT2D eigenvalue weighted by atomic mass is 9.83. The SMILES string of the molecule is O=C(N[C@@H](N1C[C@H]2C[C@H](C1)c1cccc(=O)n1C2)C(Cl)(Cl)Cl)c1ccc(Br)cc1. The first kappa shape index (κ1) is 21.2. The number of pyridine rings is 1. The minimum atomic E-state index is -1.70. The first-order valence-electron chi connectivity index (χ1n) is 9.29. The van der Waals surface area contributed by atoms with Crippen LogP contribution in [-0.4, -0.2) is 38.4 Å². The van der Waals surface area contributed by atoms with Crippen molar-refractivity contribution in [2.75, 3.05) is 13.1 Å². The molecule has 2 aliphatic heterocycles. The summed E-state index contributed by atoms with van der Waals surface area (Å²) in [7, 11) is 0. The molecule has 1 fully saturated rings. The minimum Gasteiger partial charge on any atom is -0.332 e. The summed E-state index contributed by atoms with van der Waals surface area (Å²) in [6, 6.07) is 12.4. The molecule has 1 saturated heterocycles. The number of fused-ring (bicyclic) bond motifs is 4. The van der Waals surface area contributed by atoms with E-state index in [1.54, 1.807) is 36.4 Å². The zero-order chi connectivity index (χ0) is 20.8. The standard InChI is InChI=1S/C20H19BrCl3N3O2/c21-15-6-4-13(5-7-15)18(29)25-19(20(22,23)24)26-9-12-8-14(11-26)16-2-1-3-17(28)27(16)10-12/h1-7,12,14,19H,8-11H2,(H,25,29)/t12-,14-,19+/m1/s1. The van der Waals surface area contributed by atoms with Crippen LogP contribution in [0.25, 0.3) is 0 Å². The Hall–Kier alpha value is -1.05. The lowest BCUT2D eigenvalue weighted by Crippen LogP contribution is -2.60. The van der Waals surface area contributed by atoms with Crippen molar-refractivity contribution in [3.8, 4) is 0 Å². The molecule has 3 heterocycles. The number of piperidine rings is 1. The quantitative estimate of drug-likeness (QED) is 0.620. The molecule has 2 bridgehead atoms. The number of amides is 1. The van der Waals surface area contributed by atoms with Crippen LogP contribution in [0.1, 0.15) is 28.4 Å². The van der Waals surface area contributed by atoms with E-state index in [4.69, 9.17) is 34.8 Å². The fraction of sp³-hybridized carbons (Fsp3) is 0.400. The molecular weight excluding hydrogens is 501 g/mol. The van der Waals surface area contributed by atoms with Crippen LogP contribution < -0.4 is 10.9 Å². The fourth-order valence-electron chi connectivity index (χ4n) is 4.33. The number of nitrogens with zero attached hydrogens (tertiary/aromatic N) is 2. The molecule has 4 rings (SSSR count). The summed E-state index contributed by atoms with van der Waals surface area (Å²) in [5.74, 6) is 0.0952. The second kappa shape index (κ2) is 8.23. The van der Waals surface area contributed by atoms with Crippen LogP contribution in [-0.2, 0) is 6.54 Å². The third kappa shape index (κ3) is 4.52. The van der Waals surface area contributed by atoms with E-state index in [9.17, 15) is 9.59 Å². The van der Waals surface area contributed by atoms with E-state index in [0.717, 1.165) is 16.6 Å². The Morgan fingerprint density at radius 1 is 1.10 bits per heavy atom. The van der Waals surface area contributed by atoms with Gasteiger partial charge in [0.1, 0.15) is 6.17 Å². The zero-order valence-electron chi connectivity index (χ0n) is 15.3. The first-order chi connectivity index (χ1) is 13.7. The van der Waals surface area contributed by atoms with Crippen LogP contribution in [0.2, 0.25) is 0 Å². The Morgan fingerprint density at radius 2 is 1.83 bits per heavy atom. The normalized spacial score (nSPS) is 22.6. The molecule has 29 heavy (non-hydrogen) atoms. The summed E-state index contributed by atoms with van der Waals surface area (Å²) in [5.41, 5.74) is 1.51. The van der Waals surface area contributed by atoms with Crippen LogP contribution in [0.15, 0.2) is 51.7 Å². The number of likely N-dealkylation sites (tertiary alicyclic amines) is 1. The van der Waals surface area contributed by atoms with Gasteiger partial charge in [-0.2, -0.15) is 0 Å². The average molecular weight is 520 g/mol. The number of carbonyl (C=O) groups is 1. The number of rotatable bonds is 3. The van der Waals surface area contributed by atoms with Crippen LogP contribution in [0.3, 0.4) is 0 Å². The Balaban J connectivity index is 1.58.